The van der Waals surface area contributed by atoms with Crippen molar-refractivity contribution in [2.45, 2.75) is 6.92 Å². The van der Waals surface area contributed by atoms with Crippen LogP contribution in [0.4, 0.5) is 11.4 Å². The first-order chi connectivity index (χ1) is 9.63. The third kappa shape index (κ3) is 3.19. The standard InChI is InChI=1S/C14H17N3O2S/c1-10(9-20-2)8-16-12-6-7-15-14-11(12)4-3-5-13(14)17(18)19/h3-7,10H,8-9H2,1-2H3,(H,15,16). The summed E-state index contributed by atoms with van der Waals surface area (Å²) in [6.45, 7) is 3.01. The number of pyridine rings is 1. The number of anilines is 1. The van der Waals surface area contributed by atoms with E-state index < -0.39 is 4.92 Å². The predicted octanol–water partition coefficient (Wildman–Crippen LogP) is 3.55. The molecule has 1 aromatic carbocycles. The van der Waals surface area contributed by atoms with Crippen LogP contribution in [0.2, 0.25) is 0 Å². The number of nitro benzene ring substituents is 1. The van der Waals surface area contributed by atoms with Gasteiger partial charge in [0, 0.05) is 29.9 Å². The van der Waals surface area contributed by atoms with E-state index in [1.165, 1.54) is 6.07 Å². The Bertz CT molecular complexity index is 618. The van der Waals surface area contributed by atoms with E-state index in [1.54, 1.807) is 12.3 Å². The molecule has 0 fully saturated rings. The van der Waals surface area contributed by atoms with Gasteiger partial charge < -0.3 is 5.32 Å². The predicted molar refractivity (Wildman–Crippen MR) is 84.4 cm³/mol. The van der Waals surface area contributed by atoms with Crippen LogP contribution in [0.3, 0.4) is 0 Å². The maximum Gasteiger partial charge on any atom is 0.295 e. The summed E-state index contributed by atoms with van der Waals surface area (Å²) >= 11 is 1.81. The largest absolute Gasteiger partial charge is 0.384 e. The summed E-state index contributed by atoms with van der Waals surface area (Å²) in [5.41, 5.74) is 1.37. The lowest BCUT2D eigenvalue weighted by Crippen LogP contribution is -2.13. The van der Waals surface area contributed by atoms with Crippen LogP contribution in [0.15, 0.2) is 30.5 Å². The molecule has 0 aliphatic rings. The van der Waals surface area contributed by atoms with Gasteiger partial charge in [0.2, 0.25) is 0 Å². The summed E-state index contributed by atoms with van der Waals surface area (Å²) in [5.74, 6) is 1.61. The minimum absolute atomic E-state index is 0.0447. The molecular weight excluding hydrogens is 274 g/mol. The zero-order valence-corrected chi connectivity index (χ0v) is 12.3. The minimum atomic E-state index is -0.393. The number of hydrogen-bond donors (Lipinski definition) is 1. The van der Waals surface area contributed by atoms with Gasteiger partial charge in [0.05, 0.1) is 4.92 Å². The van der Waals surface area contributed by atoms with E-state index in [1.807, 2.05) is 23.9 Å². The highest BCUT2D eigenvalue weighted by molar-refractivity contribution is 7.98. The lowest BCUT2D eigenvalue weighted by Gasteiger charge is -2.13. The van der Waals surface area contributed by atoms with E-state index in [2.05, 4.69) is 23.5 Å². The summed E-state index contributed by atoms with van der Waals surface area (Å²) in [6, 6.07) is 6.89. The van der Waals surface area contributed by atoms with Crippen molar-refractivity contribution in [1.82, 2.24) is 4.98 Å². The highest BCUT2D eigenvalue weighted by Gasteiger charge is 2.14. The van der Waals surface area contributed by atoms with Crippen LogP contribution in [-0.2, 0) is 0 Å². The lowest BCUT2D eigenvalue weighted by molar-refractivity contribution is -0.383. The van der Waals surface area contributed by atoms with E-state index in [4.69, 9.17) is 0 Å². The van der Waals surface area contributed by atoms with Gasteiger partial charge in [0.1, 0.15) is 5.52 Å². The molecule has 0 amide bonds. The van der Waals surface area contributed by atoms with E-state index in [0.717, 1.165) is 23.4 Å². The fraction of sp³-hybridized carbons (Fsp3) is 0.357. The fourth-order valence-corrected chi connectivity index (χ4v) is 2.78. The number of non-ortho nitro benzene ring substituents is 1. The first-order valence-electron chi connectivity index (χ1n) is 6.38. The van der Waals surface area contributed by atoms with Gasteiger partial charge >= 0.3 is 0 Å². The Hall–Kier alpha value is -1.82. The number of aromatic nitrogens is 1. The van der Waals surface area contributed by atoms with Crippen molar-refractivity contribution in [3.63, 3.8) is 0 Å². The highest BCUT2D eigenvalue weighted by Crippen LogP contribution is 2.28. The molecule has 106 valence electrons. The number of hydrogen-bond acceptors (Lipinski definition) is 5. The summed E-state index contributed by atoms with van der Waals surface area (Å²) in [5, 5.41) is 15.2. The van der Waals surface area contributed by atoms with Crippen LogP contribution < -0.4 is 5.32 Å². The summed E-state index contributed by atoms with van der Waals surface area (Å²) in [7, 11) is 0. The van der Waals surface area contributed by atoms with Crippen LogP contribution in [0.5, 0.6) is 0 Å². The molecule has 0 aliphatic heterocycles. The smallest absolute Gasteiger partial charge is 0.295 e. The maximum absolute atomic E-state index is 11.0. The number of nitrogens with one attached hydrogen (secondary N) is 1. The Labute approximate surface area is 121 Å². The van der Waals surface area contributed by atoms with Crippen LogP contribution in [0.1, 0.15) is 6.92 Å². The van der Waals surface area contributed by atoms with E-state index >= 15 is 0 Å². The molecule has 0 spiro atoms. The van der Waals surface area contributed by atoms with Crippen LogP contribution >= 0.6 is 11.8 Å². The fourth-order valence-electron chi connectivity index (χ4n) is 2.09. The normalized spacial score (nSPS) is 12.3. The second-order valence-electron chi connectivity index (χ2n) is 4.73. The number of fused-ring (bicyclic) bond motifs is 1. The average Bonchev–Trinajstić information content (AvgIpc) is 2.44. The van der Waals surface area contributed by atoms with Gasteiger partial charge in [-0.2, -0.15) is 11.8 Å². The Morgan fingerprint density at radius 2 is 2.25 bits per heavy atom. The van der Waals surface area contributed by atoms with E-state index in [0.29, 0.717) is 11.4 Å². The van der Waals surface area contributed by atoms with Crippen molar-refractivity contribution < 1.29 is 4.92 Å². The highest BCUT2D eigenvalue weighted by atomic mass is 32.2. The molecule has 0 bridgehead atoms. The zero-order valence-electron chi connectivity index (χ0n) is 11.5. The third-order valence-corrected chi connectivity index (χ3v) is 3.94. The number of para-hydroxylation sites is 1. The number of thioether (sulfide) groups is 1. The second kappa shape index (κ2) is 6.56. The molecule has 0 saturated carbocycles. The molecule has 2 rings (SSSR count). The van der Waals surface area contributed by atoms with Gasteiger partial charge in [-0.15, -0.1) is 0 Å². The number of nitro groups is 1. The number of rotatable bonds is 6. The molecule has 1 unspecified atom stereocenters. The minimum Gasteiger partial charge on any atom is -0.384 e. The van der Waals surface area contributed by atoms with Crippen molar-refractivity contribution in [2.24, 2.45) is 5.92 Å². The Morgan fingerprint density at radius 3 is 2.95 bits per heavy atom. The van der Waals surface area contributed by atoms with Crippen molar-refractivity contribution in [3.05, 3.63) is 40.6 Å². The molecule has 2 aromatic rings. The van der Waals surface area contributed by atoms with Gasteiger partial charge in [-0.25, -0.2) is 4.98 Å². The van der Waals surface area contributed by atoms with Gasteiger partial charge in [-0.3, -0.25) is 10.1 Å². The molecule has 1 N–H and O–H groups in total. The number of nitrogens with zero attached hydrogens (tertiary/aromatic N) is 2. The van der Waals surface area contributed by atoms with Crippen LogP contribution in [0, 0.1) is 16.0 Å². The molecule has 0 aliphatic carbocycles. The van der Waals surface area contributed by atoms with Crippen molar-refractivity contribution in [2.75, 3.05) is 23.9 Å². The lowest BCUT2D eigenvalue weighted by atomic mass is 10.1. The van der Waals surface area contributed by atoms with Crippen molar-refractivity contribution in [1.29, 1.82) is 0 Å². The van der Waals surface area contributed by atoms with Crippen molar-refractivity contribution in [3.8, 4) is 0 Å². The average molecular weight is 291 g/mol. The topological polar surface area (TPSA) is 68.1 Å². The van der Waals surface area contributed by atoms with Crippen molar-refractivity contribution >= 4 is 34.0 Å². The maximum atomic E-state index is 11.0. The first-order valence-corrected chi connectivity index (χ1v) is 7.77. The first kappa shape index (κ1) is 14.6. The monoisotopic (exact) mass is 291 g/mol. The van der Waals surface area contributed by atoms with Gasteiger partial charge in [-0.05, 0) is 24.0 Å². The molecular formula is C14H17N3O2S. The molecule has 6 heteroatoms. The quantitative estimate of drug-likeness (QED) is 0.651. The van der Waals surface area contributed by atoms with E-state index in [-0.39, 0.29) is 5.69 Å². The SMILES string of the molecule is CSCC(C)CNc1ccnc2c([N+](=O)[O-])cccc12. The molecule has 1 aromatic heterocycles. The summed E-state index contributed by atoms with van der Waals surface area (Å²) < 4.78 is 0. The molecule has 5 nitrogen and oxygen atoms in total. The van der Waals surface area contributed by atoms with Gasteiger partial charge in [0.15, 0.2) is 0 Å². The summed E-state index contributed by atoms with van der Waals surface area (Å²) in [4.78, 5) is 14.8. The molecule has 20 heavy (non-hydrogen) atoms. The Balaban J connectivity index is 2.31. The zero-order chi connectivity index (χ0) is 14.5. The van der Waals surface area contributed by atoms with Gasteiger partial charge in [0.25, 0.3) is 5.69 Å². The van der Waals surface area contributed by atoms with Crippen LogP contribution in [-0.4, -0.2) is 28.5 Å². The second-order valence-corrected chi connectivity index (χ2v) is 5.64. The molecule has 1 heterocycles. The van der Waals surface area contributed by atoms with Crippen LogP contribution in [0.25, 0.3) is 10.9 Å². The summed E-state index contributed by atoms with van der Waals surface area (Å²) in [6.07, 6.45) is 3.69. The molecule has 1 atom stereocenters. The number of benzene rings is 1. The van der Waals surface area contributed by atoms with E-state index in [9.17, 15) is 10.1 Å². The molecule has 0 saturated heterocycles. The third-order valence-electron chi connectivity index (χ3n) is 3.04. The molecule has 0 radical (unpaired) electrons. The Morgan fingerprint density at radius 1 is 1.45 bits per heavy atom. The van der Waals surface area contributed by atoms with Gasteiger partial charge in [-0.1, -0.05) is 19.1 Å². The Kier molecular flexibility index (Phi) is 4.79.